The van der Waals surface area contributed by atoms with Gasteiger partial charge in [0, 0.05) is 41.0 Å². The summed E-state index contributed by atoms with van der Waals surface area (Å²) in [5, 5.41) is 17.3. The Hall–Kier alpha value is -3.40. The summed E-state index contributed by atoms with van der Waals surface area (Å²) in [6.45, 7) is 12.2. The number of thioether (sulfide) groups is 1. The Morgan fingerprint density at radius 3 is 2.38 bits per heavy atom. The number of nitrogens with one attached hydrogen (secondary N) is 3. The third-order valence-electron chi connectivity index (χ3n) is 5.69. The van der Waals surface area contributed by atoms with Crippen molar-refractivity contribution < 1.29 is 8.78 Å². The molecule has 2 heterocycles. The second-order valence-electron chi connectivity index (χ2n) is 8.93. The van der Waals surface area contributed by atoms with Crippen LogP contribution in [0.5, 0.6) is 0 Å². The largest absolute Gasteiger partial charge is 0.328 e. The van der Waals surface area contributed by atoms with Crippen LogP contribution in [-0.2, 0) is 0 Å². The molecule has 198 valence electrons. The number of halogens is 2. The zero-order chi connectivity index (χ0) is 27.1. The van der Waals surface area contributed by atoms with E-state index in [2.05, 4.69) is 46.1 Å². The zero-order valence-electron chi connectivity index (χ0n) is 22.2. The summed E-state index contributed by atoms with van der Waals surface area (Å²) in [6.07, 6.45) is 8.52. The van der Waals surface area contributed by atoms with Crippen molar-refractivity contribution in [3.05, 3.63) is 71.5 Å². The van der Waals surface area contributed by atoms with E-state index in [1.165, 1.54) is 35.2 Å². The molecular formula is C27H35F2N7S. The number of allylic oxidation sites excluding steroid dienone is 2. The van der Waals surface area contributed by atoms with Crippen LogP contribution in [0.25, 0.3) is 5.57 Å². The standard InChI is InChI=1S/C24H27F2N7S.C3H8/c1-13-8-21(32-31-13)30-24(22(16-6-7-16)14(2)17-11-27-28-12-17)29-15(3)33(4)23-19(25)9-18(34-5)10-20(23)26;1-3-2/h8-12,16H,2,6-7H2,1,3-5H3,(H,27,28)(H2,30,31,32);3H2,1-2H3/b24-22-,29-15+;. The first-order chi connectivity index (χ1) is 17.7. The fraction of sp³-hybridized carbons (Fsp3) is 0.370. The lowest BCUT2D eigenvalue weighted by molar-refractivity contribution is 0.579. The minimum absolute atomic E-state index is 0.157. The maximum Gasteiger partial charge on any atom is 0.153 e. The summed E-state index contributed by atoms with van der Waals surface area (Å²) in [7, 11) is 1.59. The van der Waals surface area contributed by atoms with E-state index in [0.29, 0.717) is 22.4 Å². The number of hydrogen-bond acceptors (Lipinski definition) is 5. The van der Waals surface area contributed by atoms with Crippen LogP contribution in [0.3, 0.4) is 0 Å². The molecule has 7 nitrogen and oxygen atoms in total. The van der Waals surface area contributed by atoms with Crippen LogP contribution in [0.1, 0.15) is 51.3 Å². The number of nitrogens with zero attached hydrogens (tertiary/aromatic N) is 4. The number of anilines is 2. The van der Waals surface area contributed by atoms with Crippen molar-refractivity contribution in [2.75, 3.05) is 23.5 Å². The number of aromatic nitrogens is 4. The van der Waals surface area contributed by atoms with Gasteiger partial charge in [-0.15, -0.1) is 11.8 Å². The summed E-state index contributed by atoms with van der Waals surface area (Å²) in [6, 6.07) is 4.51. The van der Waals surface area contributed by atoms with Crippen molar-refractivity contribution in [1.82, 2.24) is 20.4 Å². The van der Waals surface area contributed by atoms with Crippen LogP contribution < -0.4 is 10.2 Å². The molecule has 2 aromatic heterocycles. The van der Waals surface area contributed by atoms with Crippen LogP contribution in [0.4, 0.5) is 20.3 Å². The maximum atomic E-state index is 14.8. The van der Waals surface area contributed by atoms with Gasteiger partial charge in [0.2, 0.25) is 0 Å². The molecule has 0 spiro atoms. The van der Waals surface area contributed by atoms with Gasteiger partial charge in [0.25, 0.3) is 0 Å². The molecule has 0 unspecified atom stereocenters. The van der Waals surface area contributed by atoms with Crippen molar-refractivity contribution in [3.63, 3.8) is 0 Å². The Morgan fingerprint density at radius 2 is 1.89 bits per heavy atom. The van der Waals surface area contributed by atoms with Crippen LogP contribution in [0.15, 0.2) is 58.5 Å². The molecule has 1 saturated carbocycles. The van der Waals surface area contributed by atoms with Crippen LogP contribution in [0.2, 0.25) is 0 Å². The lowest BCUT2D eigenvalue weighted by Crippen LogP contribution is -2.26. The van der Waals surface area contributed by atoms with Crippen molar-refractivity contribution >= 4 is 34.7 Å². The highest BCUT2D eigenvalue weighted by Crippen LogP contribution is 2.44. The van der Waals surface area contributed by atoms with Gasteiger partial charge >= 0.3 is 0 Å². The van der Waals surface area contributed by atoms with Crippen molar-refractivity contribution in [2.24, 2.45) is 10.9 Å². The number of benzene rings is 1. The number of rotatable bonds is 8. The Balaban J connectivity index is 0.00000121. The van der Waals surface area contributed by atoms with E-state index in [1.807, 2.05) is 13.0 Å². The van der Waals surface area contributed by atoms with E-state index in [4.69, 9.17) is 4.99 Å². The smallest absolute Gasteiger partial charge is 0.153 e. The van der Waals surface area contributed by atoms with Crippen molar-refractivity contribution in [1.29, 1.82) is 0 Å². The number of hydrogen-bond donors (Lipinski definition) is 3. The lowest BCUT2D eigenvalue weighted by atomic mass is 9.98. The molecule has 37 heavy (non-hydrogen) atoms. The highest BCUT2D eigenvalue weighted by atomic mass is 32.2. The third-order valence-corrected chi connectivity index (χ3v) is 6.39. The third kappa shape index (κ3) is 7.09. The summed E-state index contributed by atoms with van der Waals surface area (Å²) in [5.41, 5.74) is 3.29. The van der Waals surface area contributed by atoms with Gasteiger partial charge in [-0.1, -0.05) is 26.8 Å². The molecule has 0 radical (unpaired) electrons. The molecule has 3 aromatic rings. The predicted molar refractivity (Wildman–Crippen MR) is 150 cm³/mol. The molecule has 1 fully saturated rings. The monoisotopic (exact) mass is 527 g/mol. The molecular weight excluding hydrogens is 492 g/mol. The Morgan fingerprint density at radius 1 is 1.24 bits per heavy atom. The van der Waals surface area contributed by atoms with Gasteiger partial charge in [0.1, 0.15) is 17.3 Å². The SMILES string of the molecule is C=C(/C(=C(\N=C(/C)N(C)c1c(F)cc(SC)cc1F)Nc1cc(C)[nH]n1)C1CC1)c1cn[nH]c1.CCC. The second kappa shape index (κ2) is 12.7. The number of aliphatic imine (C=N–C) groups is 1. The van der Waals surface area contributed by atoms with Gasteiger partial charge in [-0.2, -0.15) is 10.2 Å². The molecule has 10 heteroatoms. The minimum Gasteiger partial charge on any atom is -0.328 e. The fourth-order valence-electron chi connectivity index (χ4n) is 3.66. The zero-order valence-corrected chi connectivity index (χ0v) is 23.1. The van der Waals surface area contributed by atoms with E-state index in [1.54, 1.807) is 32.6 Å². The summed E-state index contributed by atoms with van der Waals surface area (Å²) >= 11 is 1.28. The van der Waals surface area contributed by atoms with Gasteiger partial charge in [-0.05, 0) is 56.6 Å². The maximum absolute atomic E-state index is 14.8. The molecule has 3 N–H and O–H groups in total. The first-order valence-electron chi connectivity index (χ1n) is 12.2. The summed E-state index contributed by atoms with van der Waals surface area (Å²) < 4.78 is 29.6. The topological polar surface area (TPSA) is 85.0 Å². The molecule has 1 aliphatic carbocycles. The predicted octanol–water partition coefficient (Wildman–Crippen LogP) is 7.16. The Labute approximate surface area is 221 Å². The van der Waals surface area contributed by atoms with E-state index < -0.39 is 11.6 Å². The van der Waals surface area contributed by atoms with Crippen LogP contribution in [-0.4, -0.2) is 39.5 Å². The van der Waals surface area contributed by atoms with E-state index in [9.17, 15) is 8.78 Å². The van der Waals surface area contributed by atoms with Crippen LogP contribution in [0, 0.1) is 24.5 Å². The minimum atomic E-state index is -0.645. The summed E-state index contributed by atoms with van der Waals surface area (Å²) in [5.74, 6) is 0.502. The van der Waals surface area contributed by atoms with Gasteiger partial charge in [-0.25, -0.2) is 13.8 Å². The second-order valence-corrected chi connectivity index (χ2v) is 9.81. The van der Waals surface area contributed by atoms with Gasteiger partial charge in [0.15, 0.2) is 17.5 Å². The molecule has 0 atom stereocenters. The van der Waals surface area contributed by atoms with E-state index >= 15 is 0 Å². The Kier molecular flexibility index (Phi) is 9.68. The van der Waals surface area contributed by atoms with Gasteiger partial charge in [0.05, 0.1) is 6.20 Å². The van der Waals surface area contributed by atoms with E-state index in [-0.39, 0.29) is 11.6 Å². The average molecular weight is 528 g/mol. The molecule has 4 rings (SSSR count). The van der Waals surface area contributed by atoms with Crippen LogP contribution >= 0.6 is 11.8 Å². The Bertz CT molecular complexity index is 1250. The molecule has 0 saturated heterocycles. The molecule has 1 aromatic carbocycles. The summed E-state index contributed by atoms with van der Waals surface area (Å²) in [4.78, 5) is 6.73. The lowest BCUT2D eigenvalue weighted by Gasteiger charge is -2.22. The fourth-order valence-corrected chi connectivity index (χ4v) is 4.11. The quantitative estimate of drug-likeness (QED) is 0.125. The van der Waals surface area contributed by atoms with Gasteiger partial charge in [-0.3, -0.25) is 10.2 Å². The van der Waals surface area contributed by atoms with Crippen molar-refractivity contribution in [2.45, 2.75) is 51.9 Å². The van der Waals surface area contributed by atoms with Crippen molar-refractivity contribution in [3.8, 4) is 0 Å². The number of aromatic amines is 2. The molecule has 1 aliphatic rings. The molecule has 0 aliphatic heterocycles. The van der Waals surface area contributed by atoms with Gasteiger partial charge < -0.3 is 10.2 Å². The number of aryl methyl sites for hydroxylation is 1. The van der Waals surface area contributed by atoms with E-state index in [0.717, 1.165) is 35.2 Å². The highest BCUT2D eigenvalue weighted by Gasteiger charge is 2.32. The average Bonchev–Trinajstić information content (AvgIpc) is 3.35. The first-order valence-corrected chi connectivity index (χ1v) is 13.5. The highest BCUT2D eigenvalue weighted by molar-refractivity contribution is 7.98. The first kappa shape index (κ1) is 28.2. The molecule has 0 amide bonds. The molecule has 0 bridgehead atoms. The number of amidine groups is 1. The number of H-pyrrole nitrogens is 2. The normalized spacial score (nSPS) is 14.0.